The van der Waals surface area contributed by atoms with E-state index in [0.717, 1.165) is 28.8 Å². The molecule has 0 aliphatic carbocycles. The number of aliphatic hydroxyl groups excluding tert-OH is 1. The molecule has 1 amide bonds. The van der Waals surface area contributed by atoms with Gasteiger partial charge in [0, 0.05) is 30.8 Å². The molecule has 3 aromatic rings. The smallest absolute Gasteiger partial charge is 0.258 e. The second kappa shape index (κ2) is 7.58. The summed E-state index contributed by atoms with van der Waals surface area (Å²) in [4.78, 5) is 28.8. The monoisotopic (exact) mass is 400 g/mol. The molecular formula is C25H24N2O3. The van der Waals surface area contributed by atoms with Crippen LogP contribution < -0.4 is 5.56 Å². The molecule has 0 saturated carbocycles. The molecule has 2 aliphatic heterocycles. The molecule has 1 saturated heterocycles. The van der Waals surface area contributed by atoms with Crippen LogP contribution in [-0.4, -0.2) is 39.7 Å². The third-order valence-corrected chi connectivity index (χ3v) is 6.23. The number of hydrogen-bond acceptors (Lipinski definition) is 3. The molecule has 0 unspecified atom stereocenters. The van der Waals surface area contributed by atoms with Crippen molar-refractivity contribution in [3.63, 3.8) is 0 Å². The van der Waals surface area contributed by atoms with Crippen LogP contribution in [0.4, 0.5) is 0 Å². The van der Waals surface area contributed by atoms with Crippen molar-refractivity contribution in [1.29, 1.82) is 0 Å². The van der Waals surface area contributed by atoms with E-state index in [4.69, 9.17) is 0 Å². The zero-order chi connectivity index (χ0) is 20.7. The van der Waals surface area contributed by atoms with Crippen LogP contribution in [0.25, 0.3) is 22.4 Å². The number of pyridine rings is 1. The maximum absolute atomic E-state index is 13.6. The normalized spacial score (nSPS) is 16.1. The van der Waals surface area contributed by atoms with Crippen molar-refractivity contribution in [3.8, 4) is 22.4 Å². The summed E-state index contributed by atoms with van der Waals surface area (Å²) < 4.78 is 1.77. The van der Waals surface area contributed by atoms with Crippen molar-refractivity contribution in [2.45, 2.75) is 31.9 Å². The lowest BCUT2D eigenvalue weighted by atomic mass is 9.91. The average molecular weight is 400 g/mol. The highest BCUT2D eigenvalue weighted by molar-refractivity contribution is 6.01. The number of likely N-dealkylation sites (tertiary alicyclic amines) is 1. The molecule has 5 nitrogen and oxygen atoms in total. The number of aromatic nitrogens is 1. The van der Waals surface area contributed by atoms with Gasteiger partial charge in [-0.25, -0.2) is 0 Å². The third kappa shape index (κ3) is 3.15. The predicted octanol–water partition coefficient (Wildman–Crippen LogP) is 3.34. The summed E-state index contributed by atoms with van der Waals surface area (Å²) in [6, 6.07) is 19.3. The van der Waals surface area contributed by atoms with E-state index in [1.54, 1.807) is 15.5 Å². The van der Waals surface area contributed by atoms with Crippen LogP contribution in [0.15, 0.2) is 65.5 Å². The first-order chi connectivity index (χ1) is 14.6. The van der Waals surface area contributed by atoms with Gasteiger partial charge in [-0.3, -0.25) is 9.59 Å². The van der Waals surface area contributed by atoms with Gasteiger partial charge < -0.3 is 14.6 Å². The molecule has 1 fully saturated rings. The fourth-order valence-corrected chi connectivity index (χ4v) is 4.60. The molecular weight excluding hydrogens is 376 g/mol. The second-order valence-corrected chi connectivity index (χ2v) is 8.07. The highest BCUT2D eigenvalue weighted by Crippen LogP contribution is 2.34. The van der Waals surface area contributed by atoms with Crippen LogP contribution in [0.3, 0.4) is 0 Å². The number of aliphatic hydroxyl groups is 1. The highest BCUT2D eigenvalue weighted by Gasteiger charge is 2.29. The molecule has 3 heterocycles. The quantitative estimate of drug-likeness (QED) is 0.718. The molecule has 0 radical (unpaired) electrons. The molecule has 2 aromatic carbocycles. The van der Waals surface area contributed by atoms with Gasteiger partial charge in [0.2, 0.25) is 0 Å². The summed E-state index contributed by atoms with van der Waals surface area (Å²) in [5.41, 5.74) is 4.72. The Bertz CT molecular complexity index is 1160. The fourth-order valence-electron chi connectivity index (χ4n) is 4.60. The molecule has 0 atom stereocenters. The van der Waals surface area contributed by atoms with Crippen molar-refractivity contribution in [2.24, 2.45) is 0 Å². The minimum atomic E-state index is -0.345. The summed E-state index contributed by atoms with van der Waals surface area (Å²) in [5, 5.41) is 9.85. The molecule has 5 heteroatoms. The number of carbonyl (C=O) groups is 1. The van der Waals surface area contributed by atoms with Gasteiger partial charge in [0.1, 0.15) is 0 Å². The molecule has 152 valence electrons. The van der Waals surface area contributed by atoms with Crippen LogP contribution in [0, 0.1) is 0 Å². The van der Waals surface area contributed by atoms with Crippen LogP contribution in [-0.2, 0) is 13.0 Å². The molecule has 1 aromatic heterocycles. The number of piperidine rings is 1. The number of aryl methyl sites for hydroxylation is 1. The lowest BCUT2D eigenvalue weighted by Crippen LogP contribution is -2.41. The van der Waals surface area contributed by atoms with E-state index in [1.807, 2.05) is 48.5 Å². The highest BCUT2D eigenvalue weighted by atomic mass is 16.3. The van der Waals surface area contributed by atoms with Gasteiger partial charge in [0.05, 0.1) is 17.4 Å². The third-order valence-electron chi connectivity index (χ3n) is 6.23. The molecule has 0 spiro atoms. The SMILES string of the molecule is O=C(c1cc(-c2ccccc2)c(=O)n2c1-c1ccccc1CC2)N1CCC(O)CC1. The Morgan fingerprint density at radius 3 is 2.37 bits per heavy atom. The van der Waals surface area contributed by atoms with Gasteiger partial charge in [-0.15, -0.1) is 0 Å². The van der Waals surface area contributed by atoms with E-state index in [1.165, 1.54) is 0 Å². The van der Waals surface area contributed by atoms with Crippen molar-refractivity contribution in [2.75, 3.05) is 13.1 Å². The maximum atomic E-state index is 13.6. The van der Waals surface area contributed by atoms with E-state index in [2.05, 4.69) is 6.07 Å². The number of rotatable bonds is 2. The first-order valence-electron chi connectivity index (χ1n) is 10.5. The minimum Gasteiger partial charge on any atom is -0.393 e. The maximum Gasteiger partial charge on any atom is 0.258 e. The lowest BCUT2D eigenvalue weighted by Gasteiger charge is -2.32. The molecule has 5 rings (SSSR count). The molecule has 1 N–H and O–H groups in total. The van der Waals surface area contributed by atoms with E-state index in [-0.39, 0.29) is 17.6 Å². The number of fused-ring (bicyclic) bond motifs is 3. The first-order valence-corrected chi connectivity index (χ1v) is 10.5. The number of nitrogens with zero attached hydrogens (tertiary/aromatic N) is 2. The van der Waals surface area contributed by atoms with E-state index >= 15 is 0 Å². The average Bonchev–Trinajstić information content (AvgIpc) is 2.80. The summed E-state index contributed by atoms with van der Waals surface area (Å²) >= 11 is 0. The summed E-state index contributed by atoms with van der Waals surface area (Å²) in [6.45, 7) is 1.62. The summed E-state index contributed by atoms with van der Waals surface area (Å²) in [6.07, 6.45) is 1.60. The van der Waals surface area contributed by atoms with E-state index in [0.29, 0.717) is 43.6 Å². The van der Waals surface area contributed by atoms with Crippen LogP contribution >= 0.6 is 0 Å². The van der Waals surface area contributed by atoms with Gasteiger partial charge in [0.25, 0.3) is 11.5 Å². The molecule has 2 aliphatic rings. The van der Waals surface area contributed by atoms with Crippen LogP contribution in [0.1, 0.15) is 28.8 Å². The van der Waals surface area contributed by atoms with E-state index < -0.39 is 0 Å². The van der Waals surface area contributed by atoms with Crippen LogP contribution in [0.5, 0.6) is 0 Å². The number of benzene rings is 2. The Kier molecular flexibility index (Phi) is 4.75. The van der Waals surface area contributed by atoms with Gasteiger partial charge >= 0.3 is 0 Å². The number of amides is 1. The Hall–Kier alpha value is -3.18. The van der Waals surface area contributed by atoms with E-state index in [9.17, 15) is 14.7 Å². The van der Waals surface area contributed by atoms with Crippen molar-refractivity contribution < 1.29 is 9.90 Å². The van der Waals surface area contributed by atoms with Gasteiger partial charge in [-0.05, 0) is 36.5 Å². The number of carbonyl (C=O) groups excluding carboxylic acids is 1. The molecule has 0 bridgehead atoms. The van der Waals surface area contributed by atoms with Crippen molar-refractivity contribution >= 4 is 5.91 Å². The Balaban J connectivity index is 1.72. The van der Waals surface area contributed by atoms with Gasteiger partial charge in [0.15, 0.2) is 0 Å². The van der Waals surface area contributed by atoms with Gasteiger partial charge in [-0.1, -0.05) is 54.6 Å². The summed E-state index contributed by atoms with van der Waals surface area (Å²) in [5.74, 6) is -0.0699. The Labute approximate surface area is 175 Å². The van der Waals surface area contributed by atoms with Crippen LogP contribution in [0.2, 0.25) is 0 Å². The second-order valence-electron chi connectivity index (χ2n) is 8.07. The zero-order valence-electron chi connectivity index (χ0n) is 16.8. The lowest BCUT2D eigenvalue weighted by molar-refractivity contribution is 0.0546. The Morgan fingerprint density at radius 2 is 1.60 bits per heavy atom. The summed E-state index contributed by atoms with van der Waals surface area (Å²) in [7, 11) is 0. The molecule has 30 heavy (non-hydrogen) atoms. The largest absolute Gasteiger partial charge is 0.393 e. The first kappa shape index (κ1) is 18.8. The predicted molar refractivity (Wildman–Crippen MR) is 116 cm³/mol. The topological polar surface area (TPSA) is 62.5 Å². The van der Waals surface area contributed by atoms with Gasteiger partial charge in [-0.2, -0.15) is 0 Å². The fraction of sp³-hybridized carbons (Fsp3) is 0.280. The standard InChI is InChI=1S/C25H24N2O3/c28-19-11-13-26(14-12-19)24(29)22-16-21(17-6-2-1-3-7-17)25(30)27-15-10-18-8-4-5-9-20(18)23(22)27/h1-9,16,19,28H,10-15H2. The zero-order valence-corrected chi connectivity index (χ0v) is 16.8. The van der Waals surface area contributed by atoms with Crippen molar-refractivity contribution in [3.05, 3.63) is 82.1 Å². The minimum absolute atomic E-state index is 0.0590. The Morgan fingerprint density at radius 1 is 0.900 bits per heavy atom. The van der Waals surface area contributed by atoms with Crippen molar-refractivity contribution in [1.82, 2.24) is 9.47 Å². The number of hydrogen-bond donors (Lipinski definition) is 1.